The molecule has 1 amide bonds. The SMILES string of the molecule is NCCCCCCC(=O)Nc1ccc2nccnc2c1. The highest BCUT2D eigenvalue weighted by atomic mass is 16.1. The van der Waals surface area contributed by atoms with Gasteiger partial charge in [-0.25, -0.2) is 0 Å². The lowest BCUT2D eigenvalue weighted by Crippen LogP contribution is -2.11. The van der Waals surface area contributed by atoms with E-state index in [0.717, 1.165) is 48.9 Å². The van der Waals surface area contributed by atoms with Crippen molar-refractivity contribution in [2.75, 3.05) is 11.9 Å². The molecule has 0 aliphatic carbocycles. The zero-order valence-corrected chi connectivity index (χ0v) is 11.5. The van der Waals surface area contributed by atoms with Crippen molar-refractivity contribution >= 4 is 22.6 Å². The molecule has 2 rings (SSSR count). The zero-order valence-electron chi connectivity index (χ0n) is 11.5. The van der Waals surface area contributed by atoms with Gasteiger partial charge in [0, 0.05) is 24.5 Å². The van der Waals surface area contributed by atoms with Gasteiger partial charge in [0.05, 0.1) is 11.0 Å². The van der Waals surface area contributed by atoms with Crippen LogP contribution in [0.4, 0.5) is 5.69 Å². The third-order valence-corrected chi connectivity index (χ3v) is 3.11. The second kappa shape index (κ2) is 7.55. The van der Waals surface area contributed by atoms with Crippen molar-refractivity contribution in [3.63, 3.8) is 0 Å². The average Bonchev–Trinajstić information content (AvgIpc) is 2.47. The molecule has 2 aromatic rings. The number of nitrogens with one attached hydrogen (secondary N) is 1. The molecule has 1 aromatic heterocycles. The molecule has 0 spiro atoms. The maximum Gasteiger partial charge on any atom is 0.224 e. The Bertz CT molecular complexity index is 571. The summed E-state index contributed by atoms with van der Waals surface area (Å²) in [5, 5.41) is 2.89. The molecule has 1 aromatic carbocycles. The summed E-state index contributed by atoms with van der Waals surface area (Å²) in [6.45, 7) is 0.727. The standard InChI is InChI=1S/C15H20N4O/c16-8-4-2-1-3-5-15(20)19-12-6-7-13-14(11-12)18-10-9-17-13/h6-7,9-11H,1-5,8,16H2,(H,19,20). The van der Waals surface area contributed by atoms with Gasteiger partial charge < -0.3 is 11.1 Å². The van der Waals surface area contributed by atoms with Crippen molar-refractivity contribution in [2.24, 2.45) is 5.73 Å². The molecule has 3 N–H and O–H groups in total. The highest BCUT2D eigenvalue weighted by Crippen LogP contribution is 2.15. The van der Waals surface area contributed by atoms with Gasteiger partial charge >= 0.3 is 0 Å². The van der Waals surface area contributed by atoms with E-state index in [9.17, 15) is 4.79 Å². The number of nitrogens with two attached hydrogens (primary N) is 1. The zero-order chi connectivity index (χ0) is 14.2. The molecule has 0 aliphatic rings. The Kier molecular flexibility index (Phi) is 5.43. The van der Waals surface area contributed by atoms with E-state index in [-0.39, 0.29) is 5.91 Å². The van der Waals surface area contributed by atoms with Crippen LogP contribution in [0.2, 0.25) is 0 Å². The van der Waals surface area contributed by atoms with Gasteiger partial charge in [0.1, 0.15) is 0 Å². The van der Waals surface area contributed by atoms with Gasteiger partial charge in [-0.2, -0.15) is 0 Å². The third-order valence-electron chi connectivity index (χ3n) is 3.11. The third kappa shape index (κ3) is 4.28. The van der Waals surface area contributed by atoms with Crippen molar-refractivity contribution < 1.29 is 4.79 Å². The van der Waals surface area contributed by atoms with Crippen LogP contribution in [-0.4, -0.2) is 22.4 Å². The van der Waals surface area contributed by atoms with Crippen molar-refractivity contribution in [3.05, 3.63) is 30.6 Å². The van der Waals surface area contributed by atoms with Crippen LogP contribution in [0, 0.1) is 0 Å². The van der Waals surface area contributed by atoms with Gasteiger partial charge in [-0.05, 0) is 37.6 Å². The maximum absolute atomic E-state index is 11.8. The van der Waals surface area contributed by atoms with Gasteiger partial charge in [-0.1, -0.05) is 12.8 Å². The van der Waals surface area contributed by atoms with Crippen LogP contribution in [0.25, 0.3) is 11.0 Å². The van der Waals surface area contributed by atoms with E-state index in [4.69, 9.17) is 5.73 Å². The first-order valence-corrected chi connectivity index (χ1v) is 7.00. The summed E-state index contributed by atoms with van der Waals surface area (Å²) in [7, 11) is 0. The molecule has 0 aliphatic heterocycles. The number of aromatic nitrogens is 2. The topological polar surface area (TPSA) is 80.9 Å². The van der Waals surface area contributed by atoms with Crippen LogP contribution in [0.3, 0.4) is 0 Å². The molecule has 5 heteroatoms. The number of anilines is 1. The van der Waals surface area contributed by atoms with Crippen LogP contribution in [-0.2, 0) is 4.79 Å². The molecular weight excluding hydrogens is 252 g/mol. The summed E-state index contributed by atoms with van der Waals surface area (Å²) in [6, 6.07) is 5.55. The molecule has 106 valence electrons. The van der Waals surface area contributed by atoms with E-state index in [0.29, 0.717) is 6.42 Å². The largest absolute Gasteiger partial charge is 0.330 e. The van der Waals surface area contributed by atoms with Crippen molar-refractivity contribution in [3.8, 4) is 0 Å². The first-order valence-electron chi connectivity index (χ1n) is 7.00. The summed E-state index contributed by atoms with van der Waals surface area (Å²) < 4.78 is 0. The van der Waals surface area contributed by atoms with E-state index < -0.39 is 0 Å². The maximum atomic E-state index is 11.8. The smallest absolute Gasteiger partial charge is 0.224 e. The second-order valence-electron chi connectivity index (χ2n) is 4.76. The molecule has 0 saturated carbocycles. The Hall–Kier alpha value is -2.01. The number of carbonyl (C=O) groups excluding carboxylic acids is 1. The number of benzene rings is 1. The fourth-order valence-corrected chi connectivity index (χ4v) is 2.05. The van der Waals surface area contributed by atoms with Gasteiger partial charge in [-0.3, -0.25) is 14.8 Å². The highest BCUT2D eigenvalue weighted by Gasteiger charge is 2.03. The minimum atomic E-state index is 0.0426. The number of carbonyl (C=O) groups is 1. The van der Waals surface area contributed by atoms with Gasteiger partial charge in [0.15, 0.2) is 0 Å². The molecule has 0 bridgehead atoms. The first kappa shape index (κ1) is 14.4. The first-order chi connectivity index (χ1) is 9.79. The quantitative estimate of drug-likeness (QED) is 0.759. The number of amides is 1. The van der Waals surface area contributed by atoms with Crippen LogP contribution < -0.4 is 11.1 Å². The predicted octanol–water partition coefficient (Wildman–Crippen LogP) is 2.48. The summed E-state index contributed by atoms with van der Waals surface area (Å²) in [4.78, 5) is 20.2. The molecule has 1 heterocycles. The van der Waals surface area contributed by atoms with Crippen LogP contribution in [0.5, 0.6) is 0 Å². The minimum Gasteiger partial charge on any atom is -0.330 e. The van der Waals surface area contributed by atoms with Crippen LogP contribution >= 0.6 is 0 Å². The summed E-state index contributed by atoms with van der Waals surface area (Å²) in [6.07, 6.45) is 7.92. The Morgan fingerprint density at radius 2 is 1.80 bits per heavy atom. The fourth-order valence-electron chi connectivity index (χ4n) is 2.05. The lowest BCUT2D eigenvalue weighted by Gasteiger charge is -2.06. The Balaban J connectivity index is 1.83. The summed E-state index contributed by atoms with van der Waals surface area (Å²) in [5.41, 5.74) is 7.81. The predicted molar refractivity (Wildman–Crippen MR) is 80.3 cm³/mol. The molecule has 0 atom stereocenters. The van der Waals surface area contributed by atoms with Gasteiger partial charge in [0.25, 0.3) is 0 Å². The Morgan fingerprint density at radius 1 is 1.05 bits per heavy atom. The summed E-state index contributed by atoms with van der Waals surface area (Å²) in [5.74, 6) is 0.0426. The lowest BCUT2D eigenvalue weighted by molar-refractivity contribution is -0.116. The fraction of sp³-hybridized carbons (Fsp3) is 0.400. The van der Waals surface area contributed by atoms with E-state index in [1.165, 1.54) is 0 Å². The van der Waals surface area contributed by atoms with E-state index in [1.54, 1.807) is 12.4 Å². The lowest BCUT2D eigenvalue weighted by atomic mass is 10.1. The molecular formula is C15H20N4O. The molecule has 0 saturated heterocycles. The monoisotopic (exact) mass is 272 g/mol. The molecule has 20 heavy (non-hydrogen) atoms. The van der Waals surface area contributed by atoms with E-state index in [2.05, 4.69) is 15.3 Å². The molecule has 0 fully saturated rings. The Labute approximate surface area is 118 Å². The van der Waals surface area contributed by atoms with Gasteiger partial charge in [-0.15, -0.1) is 0 Å². The number of fused-ring (bicyclic) bond motifs is 1. The van der Waals surface area contributed by atoms with Crippen molar-refractivity contribution in [1.29, 1.82) is 0 Å². The number of hydrogen-bond donors (Lipinski definition) is 2. The Morgan fingerprint density at radius 3 is 2.60 bits per heavy atom. The van der Waals surface area contributed by atoms with Crippen LogP contribution in [0.1, 0.15) is 32.1 Å². The minimum absolute atomic E-state index is 0.0426. The van der Waals surface area contributed by atoms with E-state index >= 15 is 0 Å². The van der Waals surface area contributed by atoms with Crippen molar-refractivity contribution in [2.45, 2.75) is 32.1 Å². The number of rotatable bonds is 7. The van der Waals surface area contributed by atoms with E-state index in [1.807, 2.05) is 18.2 Å². The number of nitrogens with zero attached hydrogens (tertiary/aromatic N) is 2. The van der Waals surface area contributed by atoms with Crippen molar-refractivity contribution in [1.82, 2.24) is 9.97 Å². The molecule has 5 nitrogen and oxygen atoms in total. The highest BCUT2D eigenvalue weighted by molar-refractivity contribution is 5.92. The molecule has 0 radical (unpaired) electrons. The second-order valence-corrected chi connectivity index (χ2v) is 4.76. The normalized spacial score (nSPS) is 10.7. The average molecular weight is 272 g/mol. The van der Waals surface area contributed by atoms with Crippen LogP contribution in [0.15, 0.2) is 30.6 Å². The molecule has 0 unspecified atom stereocenters. The number of hydrogen-bond acceptors (Lipinski definition) is 4. The van der Waals surface area contributed by atoms with Gasteiger partial charge in [0.2, 0.25) is 5.91 Å². The summed E-state index contributed by atoms with van der Waals surface area (Å²) >= 11 is 0. The number of unbranched alkanes of at least 4 members (excludes halogenated alkanes) is 3.